The molecule has 1 rings (SSSR count). The maximum atomic E-state index is 10.4. The van der Waals surface area contributed by atoms with Gasteiger partial charge in [-0.25, -0.2) is 0 Å². The van der Waals surface area contributed by atoms with Gasteiger partial charge < -0.3 is 14.9 Å². The summed E-state index contributed by atoms with van der Waals surface area (Å²) in [5.74, 6) is 5.20. The van der Waals surface area contributed by atoms with E-state index in [2.05, 4.69) is 18.8 Å². The Bertz CT molecular complexity index is 369. The molecule has 0 aliphatic carbocycles. The lowest BCUT2D eigenvalue weighted by atomic mass is 10.1. The van der Waals surface area contributed by atoms with Gasteiger partial charge in [0, 0.05) is 6.42 Å². The predicted octanol–water partition coefficient (Wildman–Crippen LogP) is 3.51. The Kier molecular flexibility index (Phi) is 9.94. The normalized spacial score (nSPS) is 21.0. The van der Waals surface area contributed by atoms with Crippen LogP contribution in [0.4, 0.5) is 0 Å². The quantitative estimate of drug-likeness (QED) is 0.329. The minimum atomic E-state index is -0.704. The number of epoxide rings is 1. The Morgan fingerprint density at radius 3 is 2.59 bits per heavy atom. The molecule has 1 heterocycles. The summed E-state index contributed by atoms with van der Waals surface area (Å²) in [7, 11) is 0. The van der Waals surface area contributed by atoms with Gasteiger partial charge in [0.2, 0.25) is 0 Å². The van der Waals surface area contributed by atoms with E-state index >= 15 is 0 Å². The maximum Gasteiger partial charge on any atom is 0.303 e. The van der Waals surface area contributed by atoms with Crippen LogP contribution in [0.25, 0.3) is 0 Å². The Labute approximate surface area is 134 Å². The fourth-order valence-electron chi connectivity index (χ4n) is 2.48. The van der Waals surface area contributed by atoms with Crippen molar-refractivity contribution in [3.63, 3.8) is 0 Å². The molecule has 0 bridgehead atoms. The predicted molar refractivity (Wildman–Crippen MR) is 86.5 cm³/mol. The second-order valence-corrected chi connectivity index (χ2v) is 6.10. The van der Waals surface area contributed by atoms with Crippen LogP contribution >= 0.6 is 0 Å². The molecule has 1 saturated heterocycles. The summed E-state index contributed by atoms with van der Waals surface area (Å²) in [6.07, 6.45) is 10.2. The molecule has 0 radical (unpaired) electrons. The molecular formula is C18H30O4. The van der Waals surface area contributed by atoms with Crippen LogP contribution in [-0.4, -0.2) is 34.5 Å². The molecule has 0 aromatic rings. The van der Waals surface area contributed by atoms with Crippen molar-refractivity contribution in [1.29, 1.82) is 0 Å². The third kappa shape index (κ3) is 9.81. The van der Waals surface area contributed by atoms with Crippen molar-refractivity contribution in [2.24, 2.45) is 0 Å². The standard InChI is InChI=1S/C18H30O4/c1-2-3-7-10-15(19)13-14-17-16(22-17)11-8-5-4-6-9-12-18(20)21/h15-17,19H,2-12H2,1H3,(H,20,21). The molecule has 1 aliphatic heterocycles. The van der Waals surface area contributed by atoms with E-state index in [0.29, 0.717) is 0 Å². The van der Waals surface area contributed by atoms with Crippen molar-refractivity contribution in [3.05, 3.63) is 0 Å². The Morgan fingerprint density at radius 2 is 1.86 bits per heavy atom. The lowest BCUT2D eigenvalue weighted by Gasteiger charge is -2.00. The molecule has 1 fully saturated rings. The largest absolute Gasteiger partial charge is 0.481 e. The molecule has 0 aromatic carbocycles. The van der Waals surface area contributed by atoms with Crippen LogP contribution in [0.5, 0.6) is 0 Å². The summed E-state index contributed by atoms with van der Waals surface area (Å²) in [4.78, 5) is 10.4. The van der Waals surface area contributed by atoms with Gasteiger partial charge in [-0.3, -0.25) is 4.79 Å². The molecular weight excluding hydrogens is 280 g/mol. The minimum absolute atomic E-state index is 0.0211. The zero-order valence-corrected chi connectivity index (χ0v) is 13.7. The van der Waals surface area contributed by atoms with Crippen LogP contribution in [0, 0.1) is 11.8 Å². The lowest BCUT2D eigenvalue weighted by Crippen LogP contribution is -2.03. The Morgan fingerprint density at radius 1 is 1.14 bits per heavy atom. The summed E-state index contributed by atoms with van der Waals surface area (Å²) in [5.41, 5.74) is 0. The molecule has 1 aliphatic rings. The maximum absolute atomic E-state index is 10.4. The third-order valence-corrected chi connectivity index (χ3v) is 3.94. The summed E-state index contributed by atoms with van der Waals surface area (Å²) in [6.45, 7) is 2.15. The average Bonchev–Trinajstić information content (AvgIpc) is 3.22. The zero-order valence-electron chi connectivity index (χ0n) is 13.7. The van der Waals surface area contributed by atoms with Gasteiger partial charge >= 0.3 is 5.97 Å². The van der Waals surface area contributed by atoms with Crippen LogP contribution in [0.1, 0.15) is 77.6 Å². The molecule has 0 saturated carbocycles. The van der Waals surface area contributed by atoms with E-state index in [-0.39, 0.29) is 18.6 Å². The van der Waals surface area contributed by atoms with E-state index in [1.165, 1.54) is 0 Å². The average molecular weight is 310 g/mol. The van der Waals surface area contributed by atoms with Crippen LogP contribution in [-0.2, 0) is 9.53 Å². The number of aliphatic carboxylic acids is 1. The molecule has 0 spiro atoms. The second kappa shape index (κ2) is 11.5. The van der Waals surface area contributed by atoms with E-state index in [0.717, 1.165) is 64.2 Å². The topological polar surface area (TPSA) is 70.1 Å². The lowest BCUT2D eigenvalue weighted by molar-refractivity contribution is -0.137. The second-order valence-electron chi connectivity index (χ2n) is 6.10. The van der Waals surface area contributed by atoms with Gasteiger partial charge in [-0.2, -0.15) is 0 Å². The van der Waals surface area contributed by atoms with Crippen LogP contribution in [0.15, 0.2) is 0 Å². The third-order valence-electron chi connectivity index (χ3n) is 3.94. The molecule has 3 atom stereocenters. The fraction of sp³-hybridized carbons (Fsp3) is 0.833. The molecule has 126 valence electrons. The minimum Gasteiger partial charge on any atom is -0.481 e. The molecule has 22 heavy (non-hydrogen) atoms. The van der Waals surface area contributed by atoms with Gasteiger partial charge in [0.15, 0.2) is 0 Å². The summed E-state index contributed by atoms with van der Waals surface area (Å²) in [5, 5.41) is 18.2. The first-order valence-electron chi connectivity index (χ1n) is 8.70. The number of carboxylic acids is 1. The highest BCUT2D eigenvalue weighted by atomic mass is 16.6. The first-order valence-corrected chi connectivity index (χ1v) is 8.70. The zero-order chi connectivity index (χ0) is 16.2. The van der Waals surface area contributed by atoms with Crippen molar-refractivity contribution in [2.75, 3.05) is 0 Å². The SMILES string of the molecule is CCCCCC(O)C#CC1OC1CCCCCCCC(=O)O. The van der Waals surface area contributed by atoms with Crippen molar-refractivity contribution >= 4 is 5.97 Å². The van der Waals surface area contributed by atoms with Crippen LogP contribution in [0.2, 0.25) is 0 Å². The Balaban J connectivity index is 1.95. The number of aliphatic hydroxyl groups excluding tert-OH is 1. The van der Waals surface area contributed by atoms with E-state index in [1.54, 1.807) is 0 Å². The van der Waals surface area contributed by atoms with Gasteiger partial charge in [0.05, 0.1) is 6.10 Å². The van der Waals surface area contributed by atoms with Gasteiger partial charge in [-0.1, -0.05) is 57.3 Å². The monoisotopic (exact) mass is 310 g/mol. The summed E-state index contributed by atoms with van der Waals surface area (Å²) < 4.78 is 5.49. The highest BCUT2D eigenvalue weighted by Crippen LogP contribution is 2.27. The van der Waals surface area contributed by atoms with E-state index in [1.807, 2.05) is 0 Å². The van der Waals surface area contributed by atoms with E-state index in [4.69, 9.17) is 9.84 Å². The Hall–Kier alpha value is -1.05. The molecule has 4 heteroatoms. The number of aliphatic hydroxyl groups is 1. The summed E-state index contributed by atoms with van der Waals surface area (Å²) >= 11 is 0. The van der Waals surface area contributed by atoms with E-state index < -0.39 is 12.1 Å². The number of unbranched alkanes of at least 4 members (excludes halogenated alkanes) is 6. The molecule has 4 nitrogen and oxygen atoms in total. The molecule has 0 aromatic heterocycles. The van der Waals surface area contributed by atoms with Gasteiger partial charge in [0.25, 0.3) is 0 Å². The van der Waals surface area contributed by atoms with Crippen molar-refractivity contribution in [2.45, 2.75) is 95.9 Å². The highest BCUT2D eigenvalue weighted by molar-refractivity contribution is 5.66. The van der Waals surface area contributed by atoms with E-state index in [9.17, 15) is 9.90 Å². The number of hydrogen-bond acceptors (Lipinski definition) is 3. The summed E-state index contributed by atoms with van der Waals surface area (Å²) in [6, 6.07) is 0. The number of ether oxygens (including phenoxy) is 1. The molecule has 3 unspecified atom stereocenters. The van der Waals surface area contributed by atoms with Crippen LogP contribution < -0.4 is 0 Å². The first kappa shape index (κ1) is 19.0. The van der Waals surface area contributed by atoms with Gasteiger partial charge in [0.1, 0.15) is 12.2 Å². The number of carbonyl (C=O) groups is 1. The van der Waals surface area contributed by atoms with Crippen molar-refractivity contribution < 1.29 is 19.7 Å². The number of rotatable bonds is 12. The van der Waals surface area contributed by atoms with Gasteiger partial charge in [-0.05, 0) is 25.7 Å². The number of carboxylic acid groups (broad SMARTS) is 1. The fourth-order valence-corrected chi connectivity index (χ4v) is 2.48. The van der Waals surface area contributed by atoms with Crippen molar-refractivity contribution in [3.8, 4) is 11.8 Å². The number of hydrogen-bond donors (Lipinski definition) is 2. The smallest absolute Gasteiger partial charge is 0.303 e. The molecule has 0 amide bonds. The van der Waals surface area contributed by atoms with Crippen LogP contribution in [0.3, 0.4) is 0 Å². The first-order chi connectivity index (χ1) is 10.6. The van der Waals surface area contributed by atoms with Gasteiger partial charge in [-0.15, -0.1) is 0 Å². The highest BCUT2D eigenvalue weighted by Gasteiger charge is 2.36. The van der Waals surface area contributed by atoms with Crippen molar-refractivity contribution in [1.82, 2.24) is 0 Å². The molecule has 2 N–H and O–H groups in total.